The van der Waals surface area contributed by atoms with Gasteiger partial charge >= 0.3 is 11.9 Å². The van der Waals surface area contributed by atoms with Crippen LogP contribution in [0.3, 0.4) is 0 Å². The number of rotatable bonds is 31. The number of benzene rings is 2. The molecule has 1 amide bonds. The van der Waals surface area contributed by atoms with Gasteiger partial charge < -0.3 is 92.7 Å². The summed E-state index contributed by atoms with van der Waals surface area (Å²) in [7, 11) is 8.34. The van der Waals surface area contributed by atoms with Crippen LogP contribution in [0.2, 0.25) is 0 Å². The second-order valence-electron chi connectivity index (χ2n) is 34.0. The third-order valence-electron chi connectivity index (χ3n) is 23.9. The molecule has 3 fully saturated rings. The molecule has 2 bridgehead atoms. The lowest BCUT2D eigenvalue weighted by atomic mass is 9.78. The van der Waals surface area contributed by atoms with Gasteiger partial charge in [-0.05, 0) is 175 Å². The number of ether oxygens (including phenoxy) is 12. The molecule has 0 radical (unpaired) electrons. The number of nitrogens with two attached hydrogens (primary N) is 2. The second-order valence-corrected chi connectivity index (χ2v) is 34.0. The van der Waals surface area contributed by atoms with Gasteiger partial charge in [-0.2, -0.15) is 10.1 Å². The standard InChI is InChI=1S/C58H91NO15.C23H22N8O.C13H26O6/c1-12-28-71-29-18-22-51(61)72-47-26-24-43(33-50(47)69-10)32-39(5)49-35-46(60)38(4)31-41(7)53(63)54(70-11)52(62)40(6)30-36(2)19-14-13-15-20-37(3)48(68-9)34-44-25-23-42(8)58(67,74-44)55(64)56(65)59-27-17-16-21-45(59)57(66)73-49;1-30-7-6-14-8-13(2-3-16(14)11-30)10-31-22-19(21(24)26-12-27-22)20(29-31)15-4-5-18-17(9-15)28-23(25)32-18;1-13(14)3-4-16-7-8-18-11-12-19-10-9-17-6-5-15-2/h13-15,19-20,31,36,38-40,42-45,47-50,53-54,63,67H,12,16-18,21-30,32-35H2,1-11H3;2-5,8-9,12H,6-7,10-11H2,1H3,(H2,25,28)(H2,24,26,27);3-12H2,1-2H3/b15-13+,19-14+,37-20+,41-31+;;/t36-,38-,39-,40-,42-,43+,44+,45+,47-,48+,49+,50-,53-,54+,58-;;/m1../s1. The van der Waals surface area contributed by atoms with E-state index in [1.807, 2.05) is 87.9 Å². The summed E-state index contributed by atoms with van der Waals surface area (Å²) in [5.74, 6) is -8.00. The number of piperidine rings is 1. The number of esters is 2. The zero-order chi connectivity index (χ0) is 90.7. The number of anilines is 2. The number of Topliss-reactive ketones (excluding diaryl/α,β-unsaturated/α-hetero) is 4. The predicted molar refractivity (Wildman–Crippen MR) is 473 cm³/mol. The Bertz CT molecular complexity index is 4390. The topological polar surface area (TPSA) is 399 Å². The molecule has 125 heavy (non-hydrogen) atoms. The Hall–Kier alpha value is -8.41. The van der Waals surface area contributed by atoms with Crippen molar-refractivity contribution in [3.8, 4) is 11.3 Å². The van der Waals surface area contributed by atoms with E-state index >= 15 is 0 Å². The third kappa shape index (κ3) is 30.9. The van der Waals surface area contributed by atoms with E-state index in [-0.39, 0.29) is 79.0 Å². The minimum absolute atomic E-state index is 0.00633. The number of hydrogen-bond acceptors (Lipinski definition) is 29. The summed E-state index contributed by atoms with van der Waals surface area (Å²) in [6.45, 7) is 25.0. The van der Waals surface area contributed by atoms with Crippen LogP contribution in [0.15, 0.2) is 94.7 Å². The molecule has 7 heterocycles. The van der Waals surface area contributed by atoms with Crippen molar-refractivity contribution < 1.29 is 105 Å². The van der Waals surface area contributed by atoms with Crippen LogP contribution in [-0.2, 0) is 110 Å². The first-order chi connectivity index (χ1) is 60.0. The lowest BCUT2D eigenvalue weighted by molar-refractivity contribution is -0.265. The number of carbonyl (C=O) groups is 7. The number of amides is 1. The minimum atomic E-state index is -2.45. The maximum Gasteiger partial charge on any atom is 0.329 e. The van der Waals surface area contributed by atoms with E-state index in [4.69, 9.17) is 77.8 Å². The summed E-state index contributed by atoms with van der Waals surface area (Å²) in [5, 5.41) is 29.2. The molecule has 15 atom stereocenters. The van der Waals surface area contributed by atoms with E-state index in [0.29, 0.717) is 190 Å². The number of aliphatic hydroxyl groups excluding tert-OH is 1. The van der Waals surface area contributed by atoms with Crippen molar-refractivity contribution in [2.75, 3.05) is 133 Å². The average molecular weight is 1750 g/mol. The first-order valence-electron chi connectivity index (χ1n) is 44.5. The van der Waals surface area contributed by atoms with Crippen molar-refractivity contribution in [1.82, 2.24) is 34.5 Å². The van der Waals surface area contributed by atoms with E-state index in [1.165, 1.54) is 35.0 Å². The van der Waals surface area contributed by atoms with Gasteiger partial charge in [0, 0.05) is 110 Å². The van der Waals surface area contributed by atoms with Gasteiger partial charge in [-0.25, -0.2) is 19.4 Å². The Kier molecular flexibility index (Phi) is 42.6. The molecule has 6 N–H and O–H groups in total. The first kappa shape index (κ1) is 102. The molecule has 5 aliphatic rings. The smallest absolute Gasteiger partial charge is 0.329 e. The summed E-state index contributed by atoms with van der Waals surface area (Å²) in [6, 6.07) is 11.3. The highest BCUT2D eigenvalue weighted by Crippen LogP contribution is 2.40. The maximum atomic E-state index is 14.6. The number of allylic oxidation sites excluding steroid dienone is 6. The van der Waals surface area contributed by atoms with E-state index in [0.717, 1.165) is 42.5 Å². The van der Waals surface area contributed by atoms with Crippen molar-refractivity contribution in [1.29, 1.82) is 0 Å². The number of nitrogens with zero attached hydrogens (tertiary/aromatic N) is 7. The van der Waals surface area contributed by atoms with Crippen molar-refractivity contribution in [3.63, 3.8) is 0 Å². The van der Waals surface area contributed by atoms with Crippen LogP contribution in [0.1, 0.15) is 182 Å². The highest BCUT2D eigenvalue weighted by Gasteiger charge is 2.53. The monoisotopic (exact) mass is 1750 g/mol. The molecule has 3 aromatic heterocycles. The number of likely N-dealkylation sites (N-methyl/N-ethyl adjacent to an activating group) is 1. The normalized spacial score (nSPS) is 27.1. The fraction of sp³-hybridized carbons (Fsp3) is 0.649. The van der Waals surface area contributed by atoms with Gasteiger partial charge in [0.1, 0.15) is 65.4 Å². The Balaban J connectivity index is 0.000000305. The average Bonchev–Trinajstić information content (AvgIpc) is 1.63. The molecule has 1 aliphatic carbocycles. The van der Waals surface area contributed by atoms with Crippen molar-refractivity contribution >= 4 is 74.9 Å². The molecular weight excluding hydrogens is 1610 g/mol. The summed E-state index contributed by atoms with van der Waals surface area (Å²) in [6.07, 6.45) is 15.7. The van der Waals surface area contributed by atoms with E-state index < -0.39 is 83.9 Å². The molecule has 692 valence electrons. The first-order valence-corrected chi connectivity index (χ1v) is 44.5. The third-order valence-corrected chi connectivity index (χ3v) is 23.9. The number of ketones is 4. The molecule has 2 aromatic carbocycles. The molecular formula is C94H139N9O22. The number of aliphatic hydroxyl groups is 2. The van der Waals surface area contributed by atoms with Gasteiger partial charge in [-0.15, -0.1) is 0 Å². The van der Waals surface area contributed by atoms with Crippen LogP contribution in [-0.4, -0.2) is 262 Å². The zero-order valence-electron chi connectivity index (χ0n) is 76.1. The number of nitrogen functional groups attached to an aromatic ring is 2. The molecule has 2 saturated heterocycles. The molecule has 31 nitrogen and oxygen atoms in total. The van der Waals surface area contributed by atoms with Gasteiger partial charge in [0.25, 0.3) is 17.7 Å². The molecule has 5 aromatic rings. The molecule has 0 spiro atoms. The van der Waals surface area contributed by atoms with Gasteiger partial charge in [0.15, 0.2) is 17.0 Å². The highest BCUT2D eigenvalue weighted by molar-refractivity contribution is 6.39. The summed E-state index contributed by atoms with van der Waals surface area (Å²) in [5.41, 5.74) is 20.7. The number of fused-ring (bicyclic) bond motifs is 6. The SMILES string of the molecule is CCCOCCCC(=O)O[C@@H]1CC[C@@H](C[C@@H](C)[C@@H]2CC(=O)[C@H](C)/C=C(\C)[C@@H](O)[C@@H](OC)C(=O)[C@H](C)C[C@H](C)/C=C/C=C/C=C(\C)[C@@H](OC)C[C@@H]3CC[C@@H](C)[C@@](O)(O3)C(=O)C(=O)N3CCCC[C@H]3C(=O)O2)C[C@H]1OC.CN1CCc2cc(Cn3nc(-c4ccc5oc(N)nc5c4)c4c(N)ncnc43)ccc2C1.COCCOCCOCCOCCOCCC(C)=O. The fourth-order valence-electron chi connectivity index (χ4n) is 16.6. The molecule has 0 unspecified atom stereocenters. The number of oxazole rings is 1. The van der Waals surface area contributed by atoms with Crippen molar-refractivity contribution in [2.45, 2.75) is 239 Å². The van der Waals surface area contributed by atoms with Crippen LogP contribution in [0.5, 0.6) is 0 Å². The number of carbonyl (C=O) groups excluding carboxylic acids is 7. The van der Waals surface area contributed by atoms with Crippen LogP contribution >= 0.6 is 0 Å². The largest absolute Gasteiger partial charge is 0.460 e. The lowest BCUT2D eigenvalue weighted by Crippen LogP contribution is -2.61. The maximum absolute atomic E-state index is 14.6. The Morgan fingerprint density at radius 1 is 0.744 bits per heavy atom. The Morgan fingerprint density at radius 3 is 2.16 bits per heavy atom. The Morgan fingerprint density at radius 2 is 1.46 bits per heavy atom. The predicted octanol–water partition coefficient (Wildman–Crippen LogP) is 11.5. The van der Waals surface area contributed by atoms with Crippen LogP contribution in [0.4, 0.5) is 11.8 Å². The number of cyclic esters (lactones) is 1. The van der Waals surface area contributed by atoms with Crippen LogP contribution in [0.25, 0.3) is 33.4 Å². The lowest BCUT2D eigenvalue weighted by Gasteiger charge is -2.42. The summed E-state index contributed by atoms with van der Waals surface area (Å²) >= 11 is 0. The zero-order valence-corrected chi connectivity index (χ0v) is 76.1. The van der Waals surface area contributed by atoms with Gasteiger partial charge in [-0.1, -0.05) is 96.2 Å². The van der Waals surface area contributed by atoms with Crippen molar-refractivity contribution in [3.05, 3.63) is 107 Å². The van der Waals surface area contributed by atoms with E-state index in [1.54, 1.807) is 55.1 Å². The quantitative estimate of drug-likeness (QED) is 0.0139. The number of hydrogen-bond donors (Lipinski definition) is 4. The summed E-state index contributed by atoms with van der Waals surface area (Å²) < 4.78 is 74.4. The fourth-order valence-corrected chi connectivity index (χ4v) is 16.6. The summed E-state index contributed by atoms with van der Waals surface area (Å²) in [4.78, 5) is 111. The molecule has 4 aliphatic heterocycles. The van der Waals surface area contributed by atoms with Crippen LogP contribution in [0, 0.1) is 35.5 Å². The van der Waals surface area contributed by atoms with Gasteiger partial charge in [0.05, 0.1) is 89.7 Å². The highest BCUT2D eigenvalue weighted by atomic mass is 16.6. The second kappa shape index (κ2) is 52.2. The van der Waals surface area contributed by atoms with Crippen LogP contribution < -0.4 is 11.5 Å². The minimum Gasteiger partial charge on any atom is -0.460 e. The van der Waals surface area contributed by atoms with E-state index in [9.17, 15) is 43.8 Å². The number of aromatic nitrogens is 5. The van der Waals surface area contributed by atoms with Gasteiger partial charge in [0.2, 0.25) is 5.79 Å². The molecule has 10 rings (SSSR count). The van der Waals surface area contributed by atoms with E-state index in [2.05, 4.69) is 45.1 Å². The van der Waals surface area contributed by atoms with Crippen molar-refractivity contribution in [2.24, 2.45) is 35.5 Å². The van der Waals surface area contributed by atoms with Gasteiger partial charge in [-0.3, -0.25) is 28.8 Å². The molecule has 31 heteroatoms. The Labute approximate surface area is 736 Å². The molecule has 1 saturated carbocycles. The number of methoxy groups -OCH3 is 4.